The normalized spacial score (nSPS) is 9.85. The molecule has 1 N–H and O–H groups in total. The molecule has 8 nitrogen and oxygen atoms in total. The summed E-state index contributed by atoms with van der Waals surface area (Å²) in [7, 11) is 0. The third-order valence-corrected chi connectivity index (χ3v) is 2.38. The zero-order valence-corrected chi connectivity index (χ0v) is 10.7. The minimum absolute atomic E-state index is 0.0101. The number of rotatable bonds is 6. The fourth-order valence-corrected chi connectivity index (χ4v) is 1.45. The van der Waals surface area contributed by atoms with E-state index in [0.717, 1.165) is 6.07 Å². The lowest BCUT2D eigenvalue weighted by molar-refractivity contribution is -0.384. The molecule has 1 rings (SSSR count). The molecule has 0 heterocycles. The van der Waals surface area contributed by atoms with Crippen molar-refractivity contribution in [2.45, 2.75) is 19.8 Å². The van der Waals surface area contributed by atoms with E-state index < -0.39 is 17.0 Å². The molecule has 1 aromatic carbocycles. The molecule has 0 fully saturated rings. The Morgan fingerprint density at radius 2 is 2.10 bits per heavy atom. The van der Waals surface area contributed by atoms with Crippen LogP contribution in [-0.4, -0.2) is 28.8 Å². The van der Waals surface area contributed by atoms with E-state index in [1.165, 1.54) is 12.1 Å². The van der Waals surface area contributed by atoms with Crippen molar-refractivity contribution < 1.29 is 29.1 Å². The van der Waals surface area contributed by atoms with Gasteiger partial charge in [0.1, 0.15) is 5.75 Å². The number of ether oxygens (including phenoxy) is 2. The van der Waals surface area contributed by atoms with E-state index >= 15 is 0 Å². The number of non-ortho nitro benzene ring substituents is 1. The van der Waals surface area contributed by atoms with Crippen molar-refractivity contribution in [2.24, 2.45) is 0 Å². The average molecular weight is 283 g/mol. The topological polar surface area (TPSA) is 116 Å². The maximum Gasteiger partial charge on any atom is 0.511 e. The molecule has 0 amide bonds. The van der Waals surface area contributed by atoms with Gasteiger partial charge in [0, 0.05) is 30.5 Å². The highest BCUT2D eigenvalue weighted by molar-refractivity contribution is 5.68. The van der Waals surface area contributed by atoms with Crippen molar-refractivity contribution in [3.8, 4) is 5.75 Å². The summed E-state index contributed by atoms with van der Waals surface area (Å²) >= 11 is 0. The van der Waals surface area contributed by atoms with Crippen LogP contribution in [0.5, 0.6) is 5.75 Å². The number of carboxylic acid groups (broad SMARTS) is 1. The van der Waals surface area contributed by atoms with Gasteiger partial charge in [-0.3, -0.25) is 14.9 Å². The van der Waals surface area contributed by atoms with Gasteiger partial charge in [-0.1, -0.05) is 6.92 Å². The van der Waals surface area contributed by atoms with Crippen molar-refractivity contribution in [2.75, 3.05) is 6.61 Å². The number of esters is 1. The van der Waals surface area contributed by atoms with E-state index in [4.69, 9.17) is 9.84 Å². The Hall–Kier alpha value is -2.64. The molecule has 0 saturated heterocycles. The van der Waals surface area contributed by atoms with Crippen LogP contribution < -0.4 is 4.74 Å². The first-order chi connectivity index (χ1) is 9.43. The molecule has 1 aromatic rings. The molecule has 0 bridgehead atoms. The van der Waals surface area contributed by atoms with E-state index in [9.17, 15) is 19.7 Å². The molecular formula is C12H13NO7. The number of nitro groups is 1. The van der Waals surface area contributed by atoms with Crippen LogP contribution in [0.25, 0.3) is 0 Å². The van der Waals surface area contributed by atoms with Crippen molar-refractivity contribution in [1.82, 2.24) is 0 Å². The van der Waals surface area contributed by atoms with Gasteiger partial charge in [0.05, 0.1) is 11.5 Å². The highest BCUT2D eigenvalue weighted by Crippen LogP contribution is 2.25. The molecule has 8 heteroatoms. The number of nitro benzene ring substituents is 1. The van der Waals surface area contributed by atoms with Crippen molar-refractivity contribution in [3.05, 3.63) is 33.9 Å². The molecule has 20 heavy (non-hydrogen) atoms. The summed E-state index contributed by atoms with van der Waals surface area (Å²) in [6.07, 6.45) is -1.19. The van der Waals surface area contributed by atoms with Gasteiger partial charge < -0.3 is 14.6 Å². The maximum absolute atomic E-state index is 11.0. The Morgan fingerprint density at radius 3 is 2.65 bits per heavy atom. The molecule has 0 unspecified atom stereocenters. The molecule has 0 aliphatic rings. The average Bonchev–Trinajstić information content (AvgIpc) is 2.39. The molecule has 0 aromatic heterocycles. The SMILES string of the molecule is CCC(=O)OCCc1cc([N+](=O)[O-])ccc1OC(=O)O. The second-order valence-corrected chi connectivity index (χ2v) is 3.74. The van der Waals surface area contributed by atoms with Crippen LogP contribution in [0.1, 0.15) is 18.9 Å². The Morgan fingerprint density at radius 1 is 1.40 bits per heavy atom. The van der Waals surface area contributed by atoms with Gasteiger partial charge in [-0.15, -0.1) is 0 Å². The van der Waals surface area contributed by atoms with Gasteiger partial charge in [0.15, 0.2) is 0 Å². The molecule has 108 valence electrons. The van der Waals surface area contributed by atoms with E-state index in [2.05, 4.69) is 4.74 Å². The second-order valence-electron chi connectivity index (χ2n) is 3.74. The van der Waals surface area contributed by atoms with Crippen molar-refractivity contribution >= 4 is 17.8 Å². The Kier molecular flexibility index (Phi) is 5.45. The first-order valence-corrected chi connectivity index (χ1v) is 5.77. The van der Waals surface area contributed by atoms with Crippen LogP contribution in [0.2, 0.25) is 0 Å². The summed E-state index contributed by atoms with van der Waals surface area (Å²) in [4.78, 5) is 31.6. The number of nitrogens with zero attached hydrogens (tertiary/aromatic N) is 1. The second kappa shape index (κ2) is 7.07. The predicted molar refractivity (Wildman–Crippen MR) is 66.7 cm³/mol. The third kappa shape index (κ3) is 4.56. The zero-order chi connectivity index (χ0) is 15.1. The van der Waals surface area contributed by atoms with E-state index in [1.54, 1.807) is 6.92 Å². The first-order valence-electron chi connectivity index (χ1n) is 5.77. The predicted octanol–water partition coefficient (Wildman–Crippen LogP) is 2.15. The van der Waals surface area contributed by atoms with Crippen LogP contribution in [0.3, 0.4) is 0 Å². The summed E-state index contributed by atoms with van der Waals surface area (Å²) in [5, 5.41) is 19.3. The fourth-order valence-electron chi connectivity index (χ4n) is 1.45. The molecule has 0 radical (unpaired) electrons. The molecule has 0 spiro atoms. The molecular weight excluding hydrogens is 270 g/mol. The number of hydrogen-bond donors (Lipinski definition) is 1. The van der Waals surface area contributed by atoms with E-state index in [1.807, 2.05) is 0 Å². The zero-order valence-electron chi connectivity index (χ0n) is 10.7. The number of carbonyl (C=O) groups excluding carboxylic acids is 1. The molecule has 0 aliphatic carbocycles. The molecule has 0 atom stereocenters. The highest BCUT2D eigenvalue weighted by atomic mass is 16.7. The van der Waals surface area contributed by atoms with E-state index in [0.29, 0.717) is 0 Å². The summed E-state index contributed by atoms with van der Waals surface area (Å²) < 4.78 is 9.36. The van der Waals surface area contributed by atoms with Gasteiger partial charge in [0.2, 0.25) is 0 Å². The van der Waals surface area contributed by atoms with Crippen LogP contribution in [-0.2, 0) is 16.0 Å². The van der Waals surface area contributed by atoms with Crippen molar-refractivity contribution in [3.63, 3.8) is 0 Å². The van der Waals surface area contributed by atoms with Gasteiger partial charge in [0.25, 0.3) is 5.69 Å². The Bertz CT molecular complexity index is 527. The number of hydrogen-bond acceptors (Lipinski definition) is 6. The minimum atomic E-state index is -1.52. The largest absolute Gasteiger partial charge is 0.511 e. The Balaban J connectivity index is 2.87. The smallest absolute Gasteiger partial charge is 0.465 e. The third-order valence-electron chi connectivity index (χ3n) is 2.38. The highest BCUT2D eigenvalue weighted by Gasteiger charge is 2.14. The quantitative estimate of drug-likeness (QED) is 0.368. The van der Waals surface area contributed by atoms with E-state index in [-0.39, 0.29) is 36.4 Å². The fraction of sp³-hybridized carbons (Fsp3) is 0.333. The van der Waals surface area contributed by atoms with Gasteiger partial charge in [-0.25, -0.2) is 4.79 Å². The Labute approximate surface area is 114 Å². The minimum Gasteiger partial charge on any atom is -0.465 e. The maximum atomic E-state index is 11.0. The summed E-state index contributed by atoms with van der Waals surface area (Å²) in [5.41, 5.74) is 0.0880. The molecule has 0 saturated carbocycles. The van der Waals surface area contributed by atoms with Crippen LogP contribution in [0.15, 0.2) is 18.2 Å². The lowest BCUT2D eigenvalue weighted by atomic mass is 10.1. The van der Waals surface area contributed by atoms with Crippen LogP contribution in [0.4, 0.5) is 10.5 Å². The number of carbonyl (C=O) groups is 2. The lowest BCUT2D eigenvalue weighted by Gasteiger charge is -2.08. The monoisotopic (exact) mass is 283 g/mol. The van der Waals surface area contributed by atoms with Crippen LogP contribution >= 0.6 is 0 Å². The number of benzene rings is 1. The van der Waals surface area contributed by atoms with Gasteiger partial charge in [-0.2, -0.15) is 0 Å². The lowest BCUT2D eigenvalue weighted by Crippen LogP contribution is -2.09. The van der Waals surface area contributed by atoms with Gasteiger partial charge >= 0.3 is 12.1 Å². The van der Waals surface area contributed by atoms with Crippen LogP contribution in [0, 0.1) is 10.1 Å². The van der Waals surface area contributed by atoms with Crippen molar-refractivity contribution in [1.29, 1.82) is 0 Å². The van der Waals surface area contributed by atoms with Gasteiger partial charge in [-0.05, 0) is 6.07 Å². The first kappa shape index (κ1) is 15.4. The standard InChI is InChI=1S/C12H13NO7/c1-2-11(14)19-6-5-8-7-9(13(17)18)3-4-10(8)20-12(15)16/h3-4,7H,2,5-6H2,1H3,(H,15,16). The summed E-state index contributed by atoms with van der Waals surface area (Å²) in [5.74, 6) is -0.424. The summed E-state index contributed by atoms with van der Waals surface area (Å²) in [6.45, 7) is 1.62. The molecule has 0 aliphatic heterocycles. The summed E-state index contributed by atoms with van der Waals surface area (Å²) in [6, 6.07) is 3.53.